The standard InChI is InChI=1S/C10H11N3O3/c1-7(14)12-5-4-11-9-3-2-8(13(15)16)6-10(9)12/h2-3,6,11H,4-5H2,1H3. The van der Waals surface area contributed by atoms with Gasteiger partial charge in [-0.25, -0.2) is 0 Å². The van der Waals surface area contributed by atoms with Crippen LogP contribution in [0, 0.1) is 10.1 Å². The van der Waals surface area contributed by atoms with Gasteiger partial charge in [-0.15, -0.1) is 0 Å². The average molecular weight is 221 g/mol. The van der Waals surface area contributed by atoms with E-state index in [1.54, 1.807) is 11.0 Å². The number of nitrogens with zero attached hydrogens (tertiary/aromatic N) is 2. The summed E-state index contributed by atoms with van der Waals surface area (Å²) in [5.41, 5.74) is 1.33. The third kappa shape index (κ3) is 1.69. The highest BCUT2D eigenvalue weighted by Crippen LogP contribution is 2.32. The van der Waals surface area contributed by atoms with Gasteiger partial charge in [-0.2, -0.15) is 0 Å². The van der Waals surface area contributed by atoms with Gasteiger partial charge in [0.2, 0.25) is 5.91 Å². The van der Waals surface area contributed by atoms with Crippen molar-refractivity contribution < 1.29 is 9.72 Å². The van der Waals surface area contributed by atoms with Crippen molar-refractivity contribution in [3.8, 4) is 0 Å². The molecule has 0 spiro atoms. The largest absolute Gasteiger partial charge is 0.382 e. The molecule has 0 bridgehead atoms. The average Bonchev–Trinajstić information content (AvgIpc) is 2.27. The maximum absolute atomic E-state index is 11.4. The van der Waals surface area contributed by atoms with E-state index in [-0.39, 0.29) is 11.6 Å². The molecule has 6 heteroatoms. The summed E-state index contributed by atoms with van der Waals surface area (Å²) in [5, 5.41) is 13.7. The monoisotopic (exact) mass is 221 g/mol. The molecular weight excluding hydrogens is 210 g/mol. The Kier molecular flexibility index (Phi) is 2.47. The van der Waals surface area contributed by atoms with Crippen molar-refractivity contribution in [3.63, 3.8) is 0 Å². The smallest absolute Gasteiger partial charge is 0.271 e. The normalized spacial score (nSPS) is 13.9. The van der Waals surface area contributed by atoms with Crippen LogP contribution in [-0.4, -0.2) is 23.9 Å². The van der Waals surface area contributed by atoms with Crippen LogP contribution in [0.4, 0.5) is 17.1 Å². The minimum Gasteiger partial charge on any atom is -0.382 e. The zero-order chi connectivity index (χ0) is 11.7. The zero-order valence-corrected chi connectivity index (χ0v) is 8.77. The van der Waals surface area contributed by atoms with Crippen LogP contribution in [0.5, 0.6) is 0 Å². The summed E-state index contributed by atoms with van der Waals surface area (Å²) in [6, 6.07) is 4.47. The molecule has 0 saturated carbocycles. The van der Waals surface area contributed by atoms with Gasteiger partial charge >= 0.3 is 0 Å². The van der Waals surface area contributed by atoms with Crippen LogP contribution in [-0.2, 0) is 4.79 Å². The van der Waals surface area contributed by atoms with Crippen LogP contribution < -0.4 is 10.2 Å². The number of carbonyl (C=O) groups is 1. The molecule has 0 radical (unpaired) electrons. The van der Waals surface area contributed by atoms with Crippen LogP contribution in [0.2, 0.25) is 0 Å². The number of hydrogen-bond donors (Lipinski definition) is 1. The second kappa shape index (κ2) is 3.80. The molecule has 1 aliphatic heterocycles. The van der Waals surface area contributed by atoms with E-state index in [1.165, 1.54) is 19.1 Å². The Morgan fingerprint density at radius 1 is 1.56 bits per heavy atom. The number of carbonyl (C=O) groups excluding carboxylic acids is 1. The quantitative estimate of drug-likeness (QED) is 0.574. The second-order valence-corrected chi connectivity index (χ2v) is 3.56. The van der Waals surface area contributed by atoms with Crippen molar-refractivity contribution in [2.45, 2.75) is 6.92 Å². The minimum atomic E-state index is -0.465. The first kappa shape index (κ1) is 10.4. The highest BCUT2D eigenvalue weighted by Gasteiger charge is 2.22. The van der Waals surface area contributed by atoms with Crippen molar-refractivity contribution >= 4 is 23.0 Å². The first-order valence-electron chi connectivity index (χ1n) is 4.90. The predicted octanol–water partition coefficient (Wildman–Crippen LogP) is 1.37. The Balaban J connectivity index is 2.48. The van der Waals surface area contributed by atoms with E-state index < -0.39 is 4.92 Å². The van der Waals surface area contributed by atoms with E-state index >= 15 is 0 Å². The van der Waals surface area contributed by atoms with E-state index in [0.717, 1.165) is 5.69 Å². The van der Waals surface area contributed by atoms with E-state index in [0.29, 0.717) is 18.8 Å². The van der Waals surface area contributed by atoms with E-state index in [1.807, 2.05) is 0 Å². The summed E-state index contributed by atoms with van der Waals surface area (Å²) in [6.07, 6.45) is 0. The van der Waals surface area contributed by atoms with Gasteiger partial charge in [0.25, 0.3) is 5.69 Å². The van der Waals surface area contributed by atoms with E-state index in [2.05, 4.69) is 5.32 Å². The lowest BCUT2D eigenvalue weighted by Gasteiger charge is -2.29. The second-order valence-electron chi connectivity index (χ2n) is 3.56. The van der Waals surface area contributed by atoms with Crippen molar-refractivity contribution in [2.24, 2.45) is 0 Å². The Labute approximate surface area is 92.0 Å². The number of nitro groups is 1. The van der Waals surface area contributed by atoms with E-state index in [9.17, 15) is 14.9 Å². The Morgan fingerprint density at radius 3 is 2.94 bits per heavy atom. The minimum absolute atomic E-state index is 0.00583. The fourth-order valence-electron chi connectivity index (χ4n) is 1.76. The number of nitrogens with one attached hydrogen (secondary N) is 1. The van der Waals surface area contributed by atoms with Gasteiger partial charge in [0.1, 0.15) is 0 Å². The maximum atomic E-state index is 11.4. The number of anilines is 2. The van der Waals surface area contributed by atoms with Crippen LogP contribution in [0.15, 0.2) is 18.2 Å². The molecule has 1 aromatic rings. The van der Waals surface area contributed by atoms with Gasteiger partial charge in [0, 0.05) is 32.1 Å². The summed E-state index contributed by atoms with van der Waals surface area (Å²) < 4.78 is 0. The number of nitro benzene ring substituents is 1. The molecule has 0 fully saturated rings. The molecule has 1 aromatic carbocycles. The van der Waals surface area contributed by atoms with Gasteiger partial charge in [0.15, 0.2) is 0 Å². The molecule has 1 aliphatic rings. The molecule has 0 aliphatic carbocycles. The lowest BCUT2D eigenvalue weighted by atomic mass is 10.2. The number of benzene rings is 1. The first-order valence-corrected chi connectivity index (χ1v) is 4.90. The molecule has 1 N–H and O–H groups in total. The molecule has 6 nitrogen and oxygen atoms in total. The molecule has 0 aromatic heterocycles. The highest BCUT2D eigenvalue weighted by molar-refractivity contribution is 5.96. The third-order valence-electron chi connectivity index (χ3n) is 2.51. The molecular formula is C10H11N3O3. The number of non-ortho nitro benzene ring substituents is 1. The highest BCUT2D eigenvalue weighted by atomic mass is 16.6. The lowest BCUT2D eigenvalue weighted by Crippen LogP contribution is -2.37. The van der Waals surface area contributed by atoms with Crippen molar-refractivity contribution in [1.29, 1.82) is 0 Å². The summed E-state index contributed by atoms with van der Waals surface area (Å²) in [6.45, 7) is 2.64. The number of hydrogen-bond acceptors (Lipinski definition) is 4. The molecule has 1 heterocycles. The van der Waals surface area contributed by atoms with Crippen LogP contribution in [0.25, 0.3) is 0 Å². The van der Waals surface area contributed by atoms with Crippen molar-refractivity contribution in [3.05, 3.63) is 28.3 Å². The Morgan fingerprint density at radius 2 is 2.31 bits per heavy atom. The Hall–Kier alpha value is -2.11. The molecule has 0 unspecified atom stereocenters. The number of fused-ring (bicyclic) bond motifs is 1. The molecule has 0 atom stereocenters. The fourth-order valence-corrected chi connectivity index (χ4v) is 1.76. The summed E-state index contributed by atoms with van der Waals surface area (Å²) in [4.78, 5) is 23.1. The maximum Gasteiger partial charge on any atom is 0.271 e. The van der Waals surface area contributed by atoms with Crippen molar-refractivity contribution in [1.82, 2.24) is 0 Å². The molecule has 1 amide bonds. The summed E-state index contributed by atoms with van der Waals surface area (Å²) in [7, 11) is 0. The molecule has 0 saturated heterocycles. The topological polar surface area (TPSA) is 75.5 Å². The summed E-state index contributed by atoms with van der Waals surface area (Å²) >= 11 is 0. The Bertz CT molecular complexity index is 459. The SMILES string of the molecule is CC(=O)N1CCNc2ccc([N+](=O)[O-])cc21. The van der Waals surface area contributed by atoms with Gasteiger partial charge < -0.3 is 10.2 Å². The van der Waals surface area contributed by atoms with Gasteiger partial charge in [-0.05, 0) is 6.07 Å². The van der Waals surface area contributed by atoms with Crippen LogP contribution in [0.3, 0.4) is 0 Å². The van der Waals surface area contributed by atoms with Gasteiger partial charge in [0.05, 0.1) is 16.3 Å². The third-order valence-corrected chi connectivity index (χ3v) is 2.51. The van der Waals surface area contributed by atoms with Gasteiger partial charge in [-0.3, -0.25) is 14.9 Å². The molecule has 2 rings (SSSR count). The van der Waals surface area contributed by atoms with E-state index in [4.69, 9.17) is 0 Å². The summed E-state index contributed by atoms with van der Waals surface area (Å²) in [5.74, 6) is -0.108. The molecule has 84 valence electrons. The van der Waals surface area contributed by atoms with Crippen LogP contribution >= 0.6 is 0 Å². The van der Waals surface area contributed by atoms with Crippen LogP contribution in [0.1, 0.15) is 6.92 Å². The first-order chi connectivity index (χ1) is 7.59. The predicted molar refractivity (Wildman–Crippen MR) is 59.6 cm³/mol. The van der Waals surface area contributed by atoms with Gasteiger partial charge in [-0.1, -0.05) is 0 Å². The molecule has 16 heavy (non-hydrogen) atoms. The number of amides is 1. The van der Waals surface area contributed by atoms with Crippen molar-refractivity contribution in [2.75, 3.05) is 23.3 Å². The fraction of sp³-hybridized carbons (Fsp3) is 0.300. The zero-order valence-electron chi connectivity index (χ0n) is 8.77. The number of rotatable bonds is 1. The lowest BCUT2D eigenvalue weighted by molar-refractivity contribution is -0.384.